The highest BCUT2D eigenvalue weighted by atomic mass is 16.5. The van der Waals surface area contributed by atoms with Gasteiger partial charge in [-0.2, -0.15) is 4.98 Å². The number of nitrogens with one attached hydrogen (secondary N) is 1. The lowest BCUT2D eigenvalue weighted by molar-refractivity contribution is 0.248. The van der Waals surface area contributed by atoms with Crippen LogP contribution in [-0.4, -0.2) is 54.7 Å². The van der Waals surface area contributed by atoms with Crippen molar-refractivity contribution in [1.29, 1.82) is 0 Å². The third-order valence-electron chi connectivity index (χ3n) is 4.20. The number of ether oxygens (including phenoxy) is 1. The van der Waals surface area contributed by atoms with Crippen molar-refractivity contribution in [1.82, 2.24) is 14.9 Å². The fourth-order valence-corrected chi connectivity index (χ4v) is 2.92. The highest BCUT2D eigenvalue weighted by molar-refractivity contribution is 5.41. The monoisotopic (exact) mass is 327 g/mol. The van der Waals surface area contributed by atoms with Crippen LogP contribution in [0.25, 0.3) is 0 Å². The minimum absolute atomic E-state index is 0.814. The van der Waals surface area contributed by atoms with Gasteiger partial charge in [0.15, 0.2) is 0 Å². The molecule has 1 aromatic heterocycles. The van der Waals surface area contributed by atoms with Gasteiger partial charge in [-0.1, -0.05) is 12.1 Å². The summed E-state index contributed by atoms with van der Waals surface area (Å²) in [7, 11) is 1.71. The van der Waals surface area contributed by atoms with Gasteiger partial charge in [-0.3, -0.25) is 4.90 Å². The van der Waals surface area contributed by atoms with E-state index in [1.165, 1.54) is 5.56 Å². The molecule has 1 aliphatic rings. The second-order valence-electron chi connectivity index (χ2n) is 5.89. The van der Waals surface area contributed by atoms with E-state index < -0.39 is 0 Å². The van der Waals surface area contributed by atoms with Gasteiger partial charge in [-0.05, 0) is 30.7 Å². The van der Waals surface area contributed by atoms with E-state index in [0.29, 0.717) is 0 Å². The van der Waals surface area contributed by atoms with E-state index in [2.05, 4.69) is 44.1 Å². The summed E-state index contributed by atoms with van der Waals surface area (Å²) in [5, 5.41) is 3.24. The predicted octanol–water partition coefficient (Wildman–Crippen LogP) is 2.24. The van der Waals surface area contributed by atoms with Crippen LogP contribution in [0.4, 0.5) is 11.8 Å². The van der Waals surface area contributed by atoms with Crippen LogP contribution in [0.2, 0.25) is 0 Å². The number of methoxy groups -OCH3 is 1. The van der Waals surface area contributed by atoms with Crippen LogP contribution in [0.5, 0.6) is 5.75 Å². The molecule has 1 aliphatic heterocycles. The Morgan fingerprint density at radius 3 is 2.75 bits per heavy atom. The summed E-state index contributed by atoms with van der Waals surface area (Å²) < 4.78 is 5.30. The van der Waals surface area contributed by atoms with Crippen molar-refractivity contribution in [3.8, 4) is 5.75 Å². The summed E-state index contributed by atoms with van der Waals surface area (Å²) in [6.45, 7) is 7.78. The molecule has 0 aliphatic carbocycles. The molecule has 0 amide bonds. The third-order valence-corrected chi connectivity index (χ3v) is 4.20. The van der Waals surface area contributed by atoms with Crippen molar-refractivity contribution in [2.45, 2.75) is 13.5 Å². The SMILES string of the molecule is CCNc1ccnc(N2CCN(Cc3cccc(OC)c3)CC2)n1. The van der Waals surface area contributed by atoms with Crippen LogP contribution >= 0.6 is 0 Å². The minimum Gasteiger partial charge on any atom is -0.497 e. The molecule has 6 nitrogen and oxygen atoms in total. The van der Waals surface area contributed by atoms with Gasteiger partial charge in [0, 0.05) is 45.5 Å². The van der Waals surface area contributed by atoms with E-state index in [1.54, 1.807) is 7.11 Å². The van der Waals surface area contributed by atoms with Crippen molar-refractivity contribution >= 4 is 11.8 Å². The van der Waals surface area contributed by atoms with Crippen molar-refractivity contribution in [2.75, 3.05) is 50.1 Å². The summed E-state index contributed by atoms with van der Waals surface area (Å²) in [5.41, 5.74) is 1.29. The Morgan fingerprint density at radius 1 is 1.17 bits per heavy atom. The number of rotatable bonds is 6. The molecule has 0 unspecified atom stereocenters. The summed E-state index contributed by atoms with van der Waals surface area (Å²) >= 11 is 0. The van der Waals surface area contributed by atoms with Crippen LogP contribution in [-0.2, 0) is 6.54 Å². The van der Waals surface area contributed by atoms with E-state index in [9.17, 15) is 0 Å². The largest absolute Gasteiger partial charge is 0.497 e. The van der Waals surface area contributed by atoms with Crippen LogP contribution in [0.15, 0.2) is 36.5 Å². The van der Waals surface area contributed by atoms with Gasteiger partial charge < -0.3 is 15.0 Å². The zero-order chi connectivity index (χ0) is 16.8. The second-order valence-corrected chi connectivity index (χ2v) is 5.89. The zero-order valence-corrected chi connectivity index (χ0v) is 14.4. The van der Waals surface area contributed by atoms with Crippen LogP contribution in [0, 0.1) is 0 Å². The Morgan fingerprint density at radius 2 is 2.00 bits per heavy atom. The quantitative estimate of drug-likeness (QED) is 0.878. The number of benzene rings is 1. The maximum atomic E-state index is 5.30. The number of hydrogen-bond donors (Lipinski definition) is 1. The summed E-state index contributed by atoms with van der Waals surface area (Å²) in [4.78, 5) is 13.7. The molecule has 1 aromatic carbocycles. The molecule has 1 saturated heterocycles. The highest BCUT2D eigenvalue weighted by Gasteiger charge is 2.19. The maximum Gasteiger partial charge on any atom is 0.227 e. The molecule has 1 fully saturated rings. The summed E-state index contributed by atoms with van der Waals surface area (Å²) in [5.74, 6) is 2.62. The van der Waals surface area contributed by atoms with Crippen molar-refractivity contribution < 1.29 is 4.74 Å². The van der Waals surface area contributed by atoms with Crippen LogP contribution < -0.4 is 15.0 Å². The maximum absolute atomic E-state index is 5.30. The van der Waals surface area contributed by atoms with Gasteiger partial charge in [0.05, 0.1) is 7.11 Å². The fraction of sp³-hybridized carbons (Fsp3) is 0.444. The first-order chi connectivity index (χ1) is 11.8. The Labute approximate surface area is 143 Å². The van der Waals surface area contributed by atoms with Crippen molar-refractivity contribution in [3.05, 3.63) is 42.1 Å². The van der Waals surface area contributed by atoms with E-state index in [4.69, 9.17) is 4.74 Å². The Hall–Kier alpha value is -2.34. The highest BCUT2D eigenvalue weighted by Crippen LogP contribution is 2.17. The molecule has 0 spiro atoms. The third kappa shape index (κ3) is 4.14. The first-order valence-corrected chi connectivity index (χ1v) is 8.45. The van der Waals surface area contributed by atoms with Crippen molar-refractivity contribution in [3.63, 3.8) is 0 Å². The Bertz CT molecular complexity index is 655. The zero-order valence-electron chi connectivity index (χ0n) is 14.4. The molecule has 2 heterocycles. The number of nitrogens with zero attached hydrogens (tertiary/aromatic N) is 4. The number of piperazine rings is 1. The van der Waals surface area contributed by atoms with Gasteiger partial charge in [0.2, 0.25) is 5.95 Å². The number of aromatic nitrogens is 2. The van der Waals surface area contributed by atoms with Crippen molar-refractivity contribution in [2.24, 2.45) is 0 Å². The average molecular weight is 327 g/mol. The molecule has 6 heteroatoms. The van der Waals surface area contributed by atoms with E-state index in [1.807, 2.05) is 24.4 Å². The van der Waals surface area contributed by atoms with Gasteiger partial charge in [-0.25, -0.2) is 4.98 Å². The predicted molar refractivity (Wildman–Crippen MR) is 96.7 cm³/mol. The van der Waals surface area contributed by atoms with Crippen LogP contribution in [0.1, 0.15) is 12.5 Å². The number of anilines is 2. The van der Waals surface area contributed by atoms with Gasteiger partial charge >= 0.3 is 0 Å². The first-order valence-electron chi connectivity index (χ1n) is 8.45. The lowest BCUT2D eigenvalue weighted by Gasteiger charge is -2.34. The second kappa shape index (κ2) is 7.97. The minimum atomic E-state index is 0.814. The molecule has 128 valence electrons. The molecular formula is C18H25N5O. The average Bonchev–Trinajstić information content (AvgIpc) is 2.63. The first kappa shape index (κ1) is 16.5. The smallest absolute Gasteiger partial charge is 0.227 e. The molecule has 0 bridgehead atoms. The molecule has 24 heavy (non-hydrogen) atoms. The molecule has 0 saturated carbocycles. The Kier molecular flexibility index (Phi) is 5.48. The molecule has 1 N–H and O–H groups in total. The van der Waals surface area contributed by atoms with E-state index in [0.717, 1.165) is 56.8 Å². The molecule has 2 aromatic rings. The molecular weight excluding hydrogens is 302 g/mol. The lowest BCUT2D eigenvalue weighted by atomic mass is 10.2. The van der Waals surface area contributed by atoms with E-state index in [-0.39, 0.29) is 0 Å². The molecule has 0 atom stereocenters. The normalized spacial score (nSPS) is 15.3. The van der Waals surface area contributed by atoms with Gasteiger partial charge in [0.1, 0.15) is 11.6 Å². The van der Waals surface area contributed by atoms with Crippen LogP contribution in [0.3, 0.4) is 0 Å². The molecule has 3 rings (SSSR count). The summed E-state index contributed by atoms with van der Waals surface area (Å²) in [6.07, 6.45) is 1.82. The van der Waals surface area contributed by atoms with Gasteiger partial charge in [0.25, 0.3) is 0 Å². The Balaban J connectivity index is 1.56. The topological polar surface area (TPSA) is 53.5 Å². The summed E-state index contributed by atoms with van der Waals surface area (Å²) in [6, 6.07) is 10.2. The standard InChI is InChI=1S/C18H25N5O/c1-3-19-17-7-8-20-18(21-17)23-11-9-22(10-12-23)14-15-5-4-6-16(13-15)24-2/h4-8,13H,3,9-12,14H2,1-2H3,(H,19,20,21). The fourth-order valence-electron chi connectivity index (χ4n) is 2.92. The number of hydrogen-bond acceptors (Lipinski definition) is 6. The van der Waals surface area contributed by atoms with Gasteiger partial charge in [-0.15, -0.1) is 0 Å². The lowest BCUT2D eigenvalue weighted by Crippen LogP contribution is -2.46. The van der Waals surface area contributed by atoms with E-state index >= 15 is 0 Å². The molecule has 0 radical (unpaired) electrons.